The molecule has 0 saturated heterocycles. The number of nitrogens with two attached hydrogens (primary N) is 1. The molecule has 2 heteroatoms. The highest BCUT2D eigenvalue weighted by molar-refractivity contribution is 4.88. The fourth-order valence-electron chi connectivity index (χ4n) is 2.19. The second-order valence-electron chi connectivity index (χ2n) is 4.45. The van der Waals surface area contributed by atoms with E-state index >= 15 is 0 Å². The van der Waals surface area contributed by atoms with Crippen molar-refractivity contribution in [3.63, 3.8) is 0 Å². The first-order valence-electron chi connectivity index (χ1n) is 4.99. The molecule has 0 unspecified atom stereocenters. The van der Waals surface area contributed by atoms with Crippen LogP contribution in [0.15, 0.2) is 0 Å². The molecular weight excluding hydrogens is 150 g/mol. The average molecular weight is 171 g/mol. The SMILES string of the molecule is CC(C)C1(CN)CCC(O)CC1. The summed E-state index contributed by atoms with van der Waals surface area (Å²) in [6, 6.07) is 0. The van der Waals surface area contributed by atoms with E-state index in [4.69, 9.17) is 5.73 Å². The second-order valence-corrected chi connectivity index (χ2v) is 4.45. The Bertz CT molecular complexity index is 137. The van der Waals surface area contributed by atoms with E-state index in [1.165, 1.54) is 0 Å². The van der Waals surface area contributed by atoms with E-state index in [2.05, 4.69) is 13.8 Å². The summed E-state index contributed by atoms with van der Waals surface area (Å²) in [6.07, 6.45) is 4.01. The Morgan fingerprint density at radius 1 is 1.42 bits per heavy atom. The van der Waals surface area contributed by atoms with Gasteiger partial charge in [-0.2, -0.15) is 0 Å². The van der Waals surface area contributed by atoms with Gasteiger partial charge >= 0.3 is 0 Å². The normalized spacial score (nSPS) is 37.2. The van der Waals surface area contributed by atoms with Crippen LogP contribution in [0.1, 0.15) is 39.5 Å². The van der Waals surface area contributed by atoms with Crippen LogP contribution in [0.2, 0.25) is 0 Å². The van der Waals surface area contributed by atoms with Gasteiger partial charge in [-0.15, -0.1) is 0 Å². The molecule has 0 aromatic carbocycles. The quantitative estimate of drug-likeness (QED) is 0.661. The molecule has 0 aliphatic heterocycles. The van der Waals surface area contributed by atoms with Crippen molar-refractivity contribution in [1.82, 2.24) is 0 Å². The fraction of sp³-hybridized carbons (Fsp3) is 1.00. The van der Waals surface area contributed by atoms with Crippen molar-refractivity contribution in [2.45, 2.75) is 45.6 Å². The van der Waals surface area contributed by atoms with Crippen LogP contribution in [-0.4, -0.2) is 17.8 Å². The molecule has 0 radical (unpaired) electrons. The Kier molecular flexibility index (Phi) is 3.13. The van der Waals surface area contributed by atoms with E-state index < -0.39 is 0 Å². The summed E-state index contributed by atoms with van der Waals surface area (Å²) in [4.78, 5) is 0. The van der Waals surface area contributed by atoms with Gasteiger partial charge in [-0.1, -0.05) is 13.8 Å². The number of hydrogen-bond acceptors (Lipinski definition) is 2. The molecule has 2 nitrogen and oxygen atoms in total. The first kappa shape index (κ1) is 10.0. The topological polar surface area (TPSA) is 46.2 Å². The highest BCUT2D eigenvalue weighted by Crippen LogP contribution is 2.41. The minimum atomic E-state index is -0.0663. The van der Waals surface area contributed by atoms with Crippen molar-refractivity contribution < 1.29 is 5.11 Å². The van der Waals surface area contributed by atoms with Gasteiger partial charge in [0.2, 0.25) is 0 Å². The van der Waals surface area contributed by atoms with Crippen LogP contribution in [0.3, 0.4) is 0 Å². The Labute approximate surface area is 75.2 Å². The van der Waals surface area contributed by atoms with E-state index in [-0.39, 0.29) is 6.10 Å². The van der Waals surface area contributed by atoms with E-state index in [0.29, 0.717) is 11.3 Å². The van der Waals surface area contributed by atoms with Gasteiger partial charge in [0.15, 0.2) is 0 Å². The van der Waals surface area contributed by atoms with E-state index in [1.54, 1.807) is 0 Å². The van der Waals surface area contributed by atoms with Crippen LogP contribution >= 0.6 is 0 Å². The number of aliphatic hydroxyl groups is 1. The Balaban J connectivity index is 2.57. The van der Waals surface area contributed by atoms with Crippen LogP contribution in [0.25, 0.3) is 0 Å². The maximum Gasteiger partial charge on any atom is 0.0540 e. The third kappa shape index (κ3) is 1.80. The first-order valence-corrected chi connectivity index (χ1v) is 4.99. The lowest BCUT2D eigenvalue weighted by atomic mass is 9.66. The van der Waals surface area contributed by atoms with E-state index in [0.717, 1.165) is 32.2 Å². The van der Waals surface area contributed by atoms with E-state index in [9.17, 15) is 5.11 Å². The molecule has 12 heavy (non-hydrogen) atoms. The third-order valence-electron chi connectivity index (χ3n) is 3.58. The smallest absolute Gasteiger partial charge is 0.0540 e. The van der Waals surface area contributed by atoms with Crippen molar-refractivity contribution in [3.05, 3.63) is 0 Å². The van der Waals surface area contributed by atoms with Crippen molar-refractivity contribution in [1.29, 1.82) is 0 Å². The number of rotatable bonds is 2. The van der Waals surface area contributed by atoms with Crippen LogP contribution in [0.5, 0.6) is 0 Å². The molecule has 3 N–H and O–H groups in total. The highest BCUT2D eigenvalue weighted by atomic mass is 16.3. The summed E-state index contributed by atoms with van der Waals surface area (Å²) in [5, 5.41) is 9.38. The fourth-order valence-corrected chi connectivity index (χ4v) is 2.19. The van der Waals surface area contributed by atoms with Crippen molar-refractivity contribution in [2.75, 3.05) is 6.54 Å². The van der Waals surface area contributed by atoms with Crippen LogP contribution in [-0.2, 0) is 0 Å². The molecule has 0 atom stereocenters. The predicted molar refractivity (Wildman–Crippen MR) is 50.8 cm³/mol. The Morgan fingerprint density at radius 2 is 1.92 bits per heavy atom. The third-order valence-corrected chi connectivity index (χ3v) is 3.58. The van der Waals surface area contributed by atoms with Crippen LogP contribution < -0.4 is 5.73 Å². The molecule has 1 fully saturated rings. The van der Waals surface area contributed by atoms with Gasteiger partial charge in [0.1, 0.15) is 0 Å². The standard InChI is InChI=1S/C10H21NO/c1-8(2)10(7-11)5-3-9(12)4-6-10/h8-9,12H,3-7,11H2,1-2H3. The second kappa shape index (κ2) is 3.75. The summed E-state index contributed by atoms with van der Waals surface area (Å²) in [6.45, 7) is 5.26. The molecule has 1 rings (SSSR count). The summed E-state index contributed by atoms with van der Waals surface area (Å²) >= 11 is 0. The van der Waals surface area contributed by atoms with Crippen molar-refractivity contribution >= 4 is 0 Å². The van der Waals surface area contributed by atoms with Gasteiger partial charge in [0.25, 0.3) is 0 Å². The molecule has 1 aliphatic rings. The molecule has 1 aliphatic carbocycles. The summed E-state index contributed by atoms with van der Waals surface area (Å²) < 4.78 is 0. The molecule has 0 heterocycles. The predicted octanol–water partition coefficient (Wildman–Crippen LogP) is 1.52. The monoisotopic (exact) mass is 171 g/mol. The Morgan fingerprint density at radius 3 is 2.25 bits per heavy atom. The lowest BCUT2D eigenvalue weighted by Gasteiger charge is -2.41. The van der Waals surface area contributed by atoms with Gasteiger partial charge in [-0.05, 0) is 43.6 Å². The largest absolute Gasteiger partial charge is 0.393 e. The summed E-state index contributed by atoms with van der Waals surface area (Å²) in [7, 11) is 0. The average Bonchev–Trinajstić information content (AvgIpc) is 2.06. The summed E-state index contributed by atoms with van der Waals surface area (Å²) in [5.74, 6) is 0.648. The van der Waals surface area contributed by atoms with Gasteiger partial charge < -0.3 is 10.8 Å². The van der Waals surface area contributed by atoms with Crippen LogP contribution in [0, 0.1) is 11.3 Å². The lowest BCUT2D eigenvalue weighted by Crippen LogP contribution is -2.40. The molecule has 0 amide bonds. The van der Waals surface area contributed by atoms with Gasteiger partial charge in [-0.25, -0.2) is 0 Å². The van der Waals surface area contributed by atoms with Gasteiger partial charge in [-0.3, -0.25) is 0 Å². The molecule has 0 spiro atoms. The zero-order chi connectivity index (χ0) is 9.19. The number of aliphatic hydroxyl groups excluding tert-OH is 1. The van der Waals surface area contributed by atoms with E-state index in [1.807, 2.05) is 0 Å². The minimum Gasteiger partial charge on any atom is -0.393 e. The van der Waals surface area contributed by atoms with Crippen molar-refractivity contribution in [3.8, 4) is 0 Å². The highest BCUT2D eigenvalue weighted by Gasteiger charge is 2.35. The molecule has 72 valence electrons. The zero-order valence-corrected chi connectivity index (χ0v) is 8.21. The zero-order valence-electron chi connectivity index (χ0n) is 8.21. The molecule has 0 aromatic rings. The van der Waals surface area contributed by atoms with Crippen LogP contribution in [0.4, 0.5) is 0 Å². The van der Waals surface area contributed by atoms with Gasteiger partial charge in [0, 0.05) is 0 Å². The maximum absolute atomic E-state index is 9.38. The molecule has 0 bridgehead atoms. The number of hydrogen-bond donors (Lipinski definition) is 2. The lowest BCUT2D eigenvalue weighted by molar-refractivity contribution is 0.0402. The molecule has 0 aromatic heterocycles. The maximum atomic E-state index is 9.38. The van der Waals surface area contributed by atoms with Crippen molar-refractivity contribution in [2.24, 2.45) is 17.1 Å². The first-order chi connectivity index (χ1) is 5.60. The van der Waals surface area contributed by atoms with Gasteiger partial charge in [0.05, 0.1) is 6.10 Å². The molecular formula is C10H21NO. The summed E-state index contributed by atoms with van der Waals surface area (Å²) in [5.41, 5.74) is 6.12. The minimum absolute atomic E-state index is 0.0663. The molecule has 1 saturated carbocycles. The Hall–Kier alpha value is -0.0800.